The summed E-state index contributed by atoms with van der Waals surface area (Å²) in [6.45, 7) is 4.96. The number of aliphatic carboxylic acids is 1. The zero-order valence-corrected chi connectivity index (χ0v) is 10.8. The van der Waals surface area contributed by atoms with Crippen molar-refractivity contribution in [1.82, 2.24) is 15.1 Å². The number of hydrogen-bond acceptors (Lipinski definition) is 4. The molecule has 0 aliphatic heterocycles. The largest absolute Gasteiger partial charge is 0.480 e. The van der Waals surface area contributed by atoms with Gasteiger partial charge in [-0.1, -0.05) is 13.8 Å². The average Bonchev–Trinajstić information content (AvgIpc) is 2.72. The Morgan fingerprint density at radius 3 is 2.83 bits per heavy atom. The smallest absolute Gasteiger partial charge is 0.320 e. The fourth-order valence-electron chi connectivity index (χ4n) is 1.71. The second-order valence-corrected chi connectivity index (χ2v) is 4.74. The number of nitrogens with zero attached hydrogens (tertiary/aromatic N) is 2. The van der Waals surface area contributed by atoms with Crippen molar-refractivity contribution in [1.29, 1.82) is 0 Å². The molecule has 6 nitrogen and oxygen atoms in total. The van der Waals surface area contributed by atoms with Gasteiger partial charge in [-0.2, -0.15) is 5.10 Å². The number of nitrogens with one attached hydrogen (secondary N) is 1. The van der Waals surface area contributed by atoms with Gasteiger partial charge in [0.15, 0.2) is 0 Å². The molecule has 6 heteroatoms. The van der Waals surface area contributed by atoms with Gasteiger partial charge in [0.25, 0.3) is 0 Å². The first-order chi connectivity index (χ1) is 8.52. The zero-order valence-electron chi connectivity index (χ0n) is 10.8. The van der Waals surface area contributed by atoms with E-state index in [1.165, 1.54) is 0 Å². The summed E-state index contributed by atoms with van der Waals surface area (Å²) in [7, 11) is 0. The van der Waals surface area contributed by atoms with Crippen molar-refractivity contribution in [3.63, 3.8) is 0 Å². The third-order valence-electron chi connectivity index (χ3n) is 2.57. The van der Waals surface area contributed by atoms with Crippen molar-refractivity contribution >= 4 is 5.97 Å². The van der Waals surface area contributed by atoms with Crippen LogP contribution in [0.5, 0.6) is 0 Å². The number of rotatable bonds is 8. The lowest BCUT2D eigenvalue weighted by Crippen LogP contribution is -2.37. The van der Waals surface area contributed by atoms with Crippen LogP contribution in [0.15, 0.2) is 12.4 Å². The van der Waals surface area contributed by atoms with Gasteiger partial charge in [0, 0.05) is 18.3 Å². The average molecular weight is 255 g/mol. The van der Waals surface area contributed by atoms with E-state index in [2.05, 4.69) is 10.4 Å². The van der Waals surface area contributed by atoms with E-state index in [0.717, 1.165) is 5.56 Å². The van der Waals surface area contributed by atoms with Crippen LogP contribution in [-0.4, -0.2) is 38.6 Å². The molecular formula is C12H21N3O3. The molecule has 0 saturated heterocycles. The molecule has 0 aliphatic rings. The quantitative estimate of drug-likeness (QED) is 0.628. The highest BCUT2D eigenvalue weighted by molar-refractivity contribution is 5.73. The van der Waals surface area contributed by atoms with Crippen LogP contribution in [0.25, 0.3) is 0 Å². The molecule has 1 unspecified atom stereocenters. The number of hydrogen-bond donors (Lipinski definition) is 3. The van der Waals surface area contributed by atoms with Crippen LogP contribution in [0.1, 0.15) is 25.8 Å². The molecule has 0 spiro atoms. The van der Waals surface area contributed by atoms with Crippen LogP contribution in [0.3, 0.4) is 0 Å². The van der Waals surface area contributed by atoms with E-state index in [9.17, 15) is 4.79 Å². The number of aliphatic hydroxyl groups excluding tert-OH is 1. The Morgan fingerprint density at radius 2 is 2.28 bits per heavy atom. The van der Waals surface area contributed by atoms with Gasteiger partial charge in [0.1, 0.15) is 6.04 Å². The highest BCUT2D eigenvalue weighted by atomic mass is 16.4. The minimum absolute atomic E-state index is 0.0413. The van der Waals surface area contributed by atoms with Gasteiger partial charge in [0.05, 0.1) is 19.3 Å². The molecule has 0 amide bonds. The summed E-state index contributed by atoms with van der Waals surface area (Å²) in [6.07, 6.45) is 4.08. The van der Waals surface area contributed by atoms with Gasteiger partial charge in [0.2, 0.25) is 0 Å². The number of carbonyl (C=O) groups is 1. The van der Waals surface area contributed by atoms with Gasteiger partial charge in [-0.25, -0.2) is 0 Å². The van der Waals surface area contributed by atoms with E-state index in [0.29, 0.717) is 25.4 Å². The molecule has 0 bridgehead atoms. The predicted octanol–water partition coefficient (Wildman–Crippen LogP) is 0.464. The van der Waals surface area contributed by atoms with Gasteiger partial charge in [-0.05, 0) is 12.3 Å². The molecule has 102 valence electrons. The van der Waals surface area contributed by atoms with Crippen molar-refractivity contribution in [3.05, 3.63) is 18.0 Å². The lowest BCUT2D eigenvalue weighted by atomic mass is 10.0. The maximum Gasteiger partial charge on any atom is 0.320 e. The van der Waals surface area contributed by atoms with Crippen molar-refractivity contribution in [3.8, 4) is 0 Å². The van der Waals surface area contributed by atoms with Crippen LogP contribution in [-0.2, 0) is 17.9 Å². The van der Waals surface area contributed by atoms with E-state index in [1.807, 2.05) is 13.8 Å². The third kappa shape index (κ3) is 4.85. The lowest BCUT2D eigenvalue weighted by Gasteiger charge is -2.15. The van der Waals surface area contributed by atoms with Crippen LogP contribution in [0, 0.1) is 5.92 Å². The van der Waals surface area contributed by atoms with Crippen molar-refractivity contribution in [2.45, 2.75) is 39.4 Å². The molecule has 0 saturated carbocycles. The molecule has 0 aliphatic carbocycles. The molecular weight excluding hydrogens is 234 g/mol. The number of aliphatic hydroxyl groups is 1. The predicted molar refractivity (Wildman–Crippen MR) is 67.0 cm³/mol. The van der Waals surface area contributed by atoms with Gasteiger partial charge >= 0.3 is 5.97 Å². The summed E-state index contributed by atoms with van der Waals surface area (Å²) in [5.41, 5.74) is 0.915. The van der Waals surface area contributed by atoms with Crippen LogP contribution in [0.4, 0.5) is 0 Å². The Morgan fingerprint density at radius 1 is 1.56 bits per heavy atom. The summed E-state index contributed by atoms with van der Waals surface area (Å²) < 4.78 is 1.63. The molecule has 1 atom stereocenters. The normalized spacial score (nSPS) is 12.9. The maximum absolute atomic E-state index is 11.0. The second kappa shape index (κ2) is 7.13. The van der Waals surface area contributed by atoms with Crippen LogP contribution >= 0.6 is 0 Å². The summed E-state index contributed by atoms with van der Waals surface area (Å²) in [5, 5.41) is 24.9. The van der Waals surface area contributed by atoms with Gasteiger partial charge in [-0.15, -0.1) is 0 Å². The first-order valence-corrected chi connectivity index (χ1v) is 6.11. The first-order valence-electron chi connectivity index (χ1n) is 6.11. The number of aromatic nitrogens is 2. The highest BCUT2D eigenvalue weighted by Crippen LogP contribution is 2.06. The van der Waals surface area contributed by atoms with Gasteiger partial charge < -0.3 is 15.5 Å². The minimum Gasteiger partial charge on any atom is -0.480 e. The van der Waals surface area contributed by atoms with E-state index in [1.54, 1.807) is 17.1 Å². The topological polar surface area (TPSA) is 87.4 Å². The molecule has 0 radical (unpaired) electrons. The Hall–Kier alpha value is -1.40. The summed E-state index contributed by atoms with van der Waals surface area (Å²) in [4.78, 5) is 11.0. The zero-order chi connectivity index (χ0) is 13.5. The van der Waals surface area contributed by atoms with E-state index >= 15 is 0 Å². The van der Waals surface area contributed by atoms with Gasteiger partial charge in [-0.3, -0.25) is 9.48 Å². The van der Waals surface area contributed by atoms with Crippen molar-refractivity contribution in [2.24, 2.45) is 5.92 Å². The SMILES string of the molecule is CC(C)CC(NCc1cnn(CCO)c1)C(=O)O. The molecule has 3 N–H and O–H groups in total. The molecule has 1 heterocycles. The molecule has 1 rings (SSSR count). The fourth-order valence-corrected chi connectivity index (χ4v) is 1.71. The van der Waals surface area contributed by atoms with Crippen molar-refractivity contribution in [2.75, 3.05) is 6.61 Å². The molecule has 18 heavy (non-hydrogen) atoms. The highest BCUT2D eigenvalue weighted by Gasteiger charge is 2.18. The molecule has 1 aromatic heterocycles. The Labute approximate surface area is 107 Å². The molecule has 0 fully saturated rings. The van der Waals surface area contributed by atoms with Crippen molar-refractivity contribution < 1.29 is 15.0 Å². The molecule has 1 aromatic rings. The number of carboxylic acids is 1. The lowest BCUT2D eigenvalue weighted by molar-refractivity contribution is -0.140. The summed E-state index contributed by atoms with van der Waals surface area (Å²) in [6, 6.07) is -0.536. The summed E-state index contributed by atoms with van der Waals surface area (Å²) in [5.74, 6) is -0.498. The maximum atomic E-state index is 11.0. The summed E-state index contributed by atoms with van der Waals surface area (Å²) >= 11 is 0. The third-order valence-corrected chi connectivity index (χ3v) is 2.57. The fraction of sp³-hybridized carbons (Fsp3) is 0.667. The second-order valence-electron chi connectivity index (χ2n) is 4.74. The van der Waals surface area contributed by atoms with E-state index in [-0.39, 0.29) is 6.61 Å². The Bertz CT molecular complexity index is 376. The van der Waals surface area contributed by atoms with Crippen LogP contribution in [0.2, 0.25) is 0 Å². The Balaban J connectivity index is 2.47. The Kier molecular flexibility index (Phi) is 5.80. The number of carboxylic acid groups (broad SMARTS) is 1. The molecule has 0 aromatic carbocycles. The monoisotopic (exact) mass is 255 g/mol. The standard InChI is InChI=1S/C12H21N3O3/c1-9(2)5-11(12(17)18)13-6-10-7-14-15(8-10)3-4-16/h7-9,11,13,16H,3-6H2,1-2H3,(H,17,18). The van der Waals surface area contributed by atoms with E-state index < -0.39 is 12.0 Å². The van der Waals surface area contributed by atoms with Crippen LogP contribution < -0.4 is 5.32 Å². The first kappa shape index (κ1) is 14.7. The minimum atomic E-state index is -0.827. The van der Waals surface area contributed by atoms with E-state index in [4.69, 9.17) is 10.2 Å².